The molecule has 5 nitrogen and oxygen atoms in total. The summed E-state index contributed by atoms with van der Waals surface area (Å²) in [4.78, 5) is 2.52. The molecule has 3 N–H and O–H groups in total. The second-order valence-corrected chi connectivity index (χ2v) is 7.03. The molecule has 0 saturated carbocycles. The van der Waals surface area contributed by atoms with E-state index < -0.39 is 10.0 Å². The molecule has 1 heterocycles. The molecule has 0 aliphatic carbocycles. The lowest BCUT2D eigenvalue weighted by molar-refractivity contribution is 0.235. The Balaban J connectivity index is 1.77. The Hall–Kier alpha value is -0.950. The Morgan fingerprint density at radius 1 is 1.25 bits per heavy atom. The van der Waals surface area contributed by atoms with Crippen molar-refractivity contribution in [1.29, 1.82) is 0 Å². The summed E-state index contributed by atoms with van der Waals surface area (Å²) >= 11 is 0. The van der Waals surface area contributed by atoms with Crippen LogP contribution in [-0.2, 0) is 16.4 Å². The minimum atomic E-state index is -3.58. The topological polar surface area (TPSA) is 75.4 Å². The Morgan fingerprint density at radius 2 is 1.85 bits per heavy atom. The van der Waals surface area contributed by atoms with Crippen molar-refractivity contribution in [3.63, 3.8) is 0 Å². The summed E-state index contributed by atoms with van der Waals surface area (Å²) in [6.07, 6.45) is 3.29. The van der Waals surface area contributed by atoms with Crippen LogP contribution < -0.4 is 10.5 Å². The zero-order valence-corrected chi connectivity index (χ0v) is 12.7. The number of hydrogen-bond acceptors (Lipinski definition) is 4. The summed E-state index contributed by atoms with van der Waals surface area (Å²) in [7, 11) is -1.43. The van der Waals surface area contributed by atoms with E-state index in [4.69, 9.17) is 5.14 Å². The second kappa shape index (κ2) is 6.67. The van der Waals surface area contributed by atoms with Gasteiger partial charge in [-0.15, -0.1) is 0 Å². The number of nitrogens with two attached hydrogens (primary N) is 1. The number of nitrogens with zero attached hydrogens (tertiary/aromatic N) is 1. The Labute approximate surface area is 121 Å². The predicted molar refractivity (Wildman–Crippen MR) is 80.0 cm³/mol. The van der Waals surface area contributed by atoms with Gasteiger partial charge < -0.3 is 10.2 Å². The molecule has 2 rings (SSSR count). The molecule has 0 radical (unpaired) electrons. The van der Waals surface area contributed by atoms with E-state index in [0.717, 1.165) is 31.6 Å². The van der Waals surface area contributed by atoms with Crippen molar-refractivity contribution in [2.24, 2.45) is 5.14 Å². The summed E-state index contributed by atoms with van der Waals surface area (Å²) in [5.74, 6) is 0. The largest absolute Gasteiger partial charge is 0.314 e. The zero-order valence-electron chi connectivity index (χ0n) is 11.9. The lowest BCUT2D eigenvalue weighted by Crippen LogP contribution is -2.41. The van der Waals surface area contributed by atoms with Gasteiger partial charge in [-0.1, -0.05) is 12.1 Å². The SMILES string of the molecule is CN1CCC(NCCc2ccc(S(N)(=O)=O)cc2)CC1. The minimum Gasteiger partial charge on any atom is -0.314 e. The number of nitrogens with one attached hydrogen (secondary N) is 1. The van der Waals surface area contributed by atoms with Gasteiger partial charge in [0.25, 0.3) is 0 Å². The van der Waals surface area contributed by atoms with Gasteiger partial charge in [-0.25, -0.2) is 13.6 Å². The van der Waals surface area contributed by atoms with Gasteiger partial charge in [-0.3, -0.25) is 0 Å². The van der Waals surface area contributed by atoms with Gasteiger partial charge in [0.05, 0.1) is 4.90 Å². The average Bonchev–Trinajstić information content (AvgIpc) is 2.41. The van der Waals surface area contributed by atoms with Crippen molar-refractivity contribution in [2.45, 2.75) is 30.2 Å². The second-order valence-electron chi connectivity index (χ2n) is 5.47. The summed E-state index contributed by atoms with van der Waals surface area (Å²) in [5.41, 5.74) is 1.12. The molecule has 112 valence electrons. The molecule has 6 heteroatoms. The highest BCUT2D eigenvalue weighted by Gasteiger charge is 2.15. The normalized spacial score (nSPS) is 18.3. The van der Waals surface area contributed by atoms with Crippen molar-refractivity contribution < 1.29 is 8.42 Å². The molecule has 0 unspecified atom stereocenters. The molecule has 1 aromatic rings. The van der Waals surface area contributed by atoms with E-state index in [2.05, 4.69) is 17.3 Å². The van der Waals surface area contributed by atoms with Crippen LogP contribution in [0.1, 0.15) is 18.4 Å². The van der Waals surface area contributed by atoms with Gasteiger partial charge in [0.1, 0.15) is 0 Å². The van der Waals surface area contributed by atoms with E-state index in [0.29, 0.717) is 6.04 Å². The molecule has 20 heavy (non-hydrogen) atoms. The summed E-state index contributed by atoms with van der Waals surface area (Å²) < 4.78 is 22.3. The van der Waals surface area contributed by atoms with Crippen LogP contribution >= 0.6 is 0 Å². The number of hydrogen-bond donors (Lipinski definition) is 2. The standard InChI is InChI=1S/C14H23N3O2S/c1-17-10-7-13(8-11-17)16-9-6-12-2-4-14(5-3-12)20(15,18)19/h2-5,13,16H,6-11H2,1H3,(H2,15,18,19). The predicted octanol–water partition coefficient (Wildman–Crippen LogP) is 0.560. The van der Waals surface area contributed by atoms with E-state index in [1.807, 2.05) is 12.1 Å². The third-order valence-electron chi connectivity index (χ3n) is 3.82. The number of rotatable bonds is 5. The van der Waals surface area contributed by atoms with Crippen LogP contribution in [0, 0.1) is 0 Å². The molecule has 0 amide bonds. The molecule has 0 aromatic heterocycles. The van der Waals surface area contributed by atoms with Crippen LogP contribution in [0.5, 0.6) is 0 Å². The van der Waals surface area contributed by atoms with E-state index in [1.54, 1.807) is 12.1 Å². The molecule has 1 saturated heterocycles. The Morgan fingerprint density at radius 3 is 2.40 bits per heavy atom. The highest BCUT2D eigenvalue weighted by atomic mass is 32.2. The minimum absolute atomic E-state index is 0.171. The first-order valence-corrected chi connectivity index (χ1v) is 8.53. The van der Waals surface area contributed by atoms with E-state index in [1.165, 1.54) is 12.8 Å². The number of benzene rings is 1. The highest BCUT2D eigenvalue weighted by Crippen LogP contribution is 2.10. The number of primary sulfonamides is 1. The molecule has 0 bridgehead atoms. The molecule has 0 spiro atoms. The maximum absolute atomic E-state index is 11.2. The van der Waals surface area contributed by atoms with E-state index in [9.17, 15) is 8.42 Å². The van der Waals surface area contributed by atoms with Crippen LogP contribution in [0.25, 0.3) is 0 Å². The maximum atomic E-state index is 11.2. The number of likely N-dealkylation sites (tertiary alicyclic amines) is 1. The van der Waals surface area contributed by atoms with Gasteiger partial charge in [0.15, 0.2) is 0 Å². The van der Waals surface area contributed by atoms with Crippen LogP contribution in [-0.4, -0.2) is 46.0 Å². The van der Waals surface area contributed by atoms with Gasteiger partial charge in [0.2, 0.25) is 10.0 Å². The molecular formula is C14H23N3O2S. The summed E-state index contributed by atoms with van der Waals surface area (Å²) in [6.45, 7) is 3.23. The zero-order chi connectivity index (χ0) is 14.6. The van der Waals surface area contributed by atoms with Crippen molar-refractivity contribution in [1.82, 2.24) is 10.2 Å². The molecular weight excluding hydrogens is 274 g/mol. The molecule has 1 aliphatic heterocycles. The monoisotopic (exact) mass is 297 g/mol. The van der Waals surface area contributed by atoms with E-state index in [-0.39, 0.29) is 4.90 Å². The maximum Gasteiger partial charge on any atom is 0.238 e. The van der Waals surface area contributed by atoms with Crippen LogP contribution in [0.3, 0.4) is 0 Å². The van der Waals surface area contributed by atoms with E-state index >= 15 is 0 Å². The van der Waals surface area contributed by atoms with Crippen molar-refractivity contribution in [3.05, 3.63) is 29.8 Å². The molecule has 1 aromatic carbocycles. The fourth-order valence-corrected chi connectivity index (χ4v) is 2.99. The fourth-order valence-electron chi connectivity index (χ4n) is 2.48. The first-order chi connectivity index (χ1) is 9.45. The van der Waals surface area contributed by atoms with Crippen molar-refractivity contribution in [3.8, 4) is 0 Å². The van der Waals surface area contributed by atoms with Crippen molar-refractivity contribution in [2.75, 3.05) is 26.7 Å². The van der Waals surface area contributed by atoms with Crippen LogP contribution in [0.4, 0.5) is 0 Å². The first kappa shape index (κ1) is 15.4. The van der Waals surface area contributed by atoms with Crippen LogP contribution in [0.2, 0.25) is 0 Å². The summed E-state index contributed by atoms with van der Waals surface area (Å²) in [6, 6.07) is 7.40. The third kappa shape index (κ3) is 4.56. The van der Waals surface area contributed by atoms with Gasteiger partial charge in [-0.05, 0) is 63.6 Å². The number of sulfonamides is 1. The Kier molecular flexibility index (Phi) is 5.15. The smallest absolute Gasteiger partial charge is 0.238 e. The lowest BCUT2D eigenvalue weighted by Gasteiger charge is -2.29. The van der Waals surface area contributed by atoms with Gasteiger partial charge in [0, 0.05) is 6.04 Å². The molecule has 1 fully saturated rings. The molecule has 0 atom stereocenters. The van der Waals surface area contributed by atoms with Gasteiger partial charge in [-0.2, -0.15) is 0 Å². The average molecular weight is 297 g/mol. The quantitative estimate of drug-likeness (QED) is 0.833. The highest BCUT2D eigenvalue weighted by molar-refractivity contribution is 7.89. The number of piperidine rings is 1. The van der Waals surface area contributed by atoms with Gasteiger partial charge >= 0.3 is 0 Å². The van der Waals surface area contributed by atoms with Crippen LogP contribution in [0.15, 0.2) is 29.2 Å². The fraction of sp³-hybridized carbons (Fsp3) is 0.571. The lowest BCUT2D eigenvalue weighted by atomic mass is 10.1. The Bertz CT molecular complexity index is 520. The molecule has 1 aliphatic rings. The van der Waals surface area contributed by atoms with Crippen molar-refractivity contribution >= 4 is 10.0 Å². The first-order valence-electron chi connectivity index (χ1n) is 6.99. The summed E-state index contributed by atoms with van der Waals surface area (Å²) in [5, 5.41) is 8.64. The third-order valence-corrected chi connectivity index (χ3v) is 4.75.